The Bertz CT molecular complexity index is 677. The number of hydrogen-bond donors (Lipinski definition) is 0. The van der Waals surface area contributed by atoms with Crippen LogP contribution in [0.5, 0.6) is 5.75 Å². The highest BCUT2D eigenvalue weighted by atomic mass is 16.5. The monoisotopic (exact) mass is 394 g/mol. The van der Waals surface area contributed by atoms with Crippen molar-refractivity contribution >= 4 is 11.4 Å². The molecule has 0 atom stereocenters. The first kappa shape index (κ1) is 23.1. The van der Waals surface area contributed by atoms with E-state index < -0.39 is 0 Å². The molecule has 0 aliphatic rings. The van der Waals surface area contributed by atoms with Crippen LogP contribution in [0.4, 0.5) is 11.4 Å². The lowest BCUT2D eigenvalue weighted by Gasteiger charge is -2.06. The maximum Gasteiger partial charge on any atom is 0.119 e. The number of nitrogens with zero attached hydrogens (tertiary/aromatic N) is 2. The molecule has 3 heteroatoms. The Morgan fingerprint density at radius 2 is 1.10 bits per heavy atom. The Kier molecular flexibility index (Phi) is 11.8. The van der Waals surface area contributed by atoms with Gasteiger partial charge < -0.3 is 4.74 Å². The number of unbranched alkanes of at least 4 members (excludes halogenated alkanes) is 8. The van der Waals surface area contributed by atoms with Gasteiger partial charge >= 0.3 is 0 Å². The van der Waals surface area contributed by atoms with Crippen molar-refractivity contribution in [1.82, 2.24) is 0 Å². The predicted molar refractivity (Wildman–Crippen MR) is 124 cm³/mol. The zero-order chi connectivity index (χ0) is 20.6. The van der Waals surface area contributed by atoms with Crippen LogP contribution in [0.1, 0.15) is 83.6 Å². The van der Waals surface area contributed by atoms with E-state index in [0.717, 1.165) is 36.6 Å². The number of ether oxygens (including phenoxy) is 1. The molecule has 0 amide bonds. The van der Waals surface area contributed by atoms with Crippen LogP contribution in [0, 0.1) is 0 Å². The van der Waals surface area contributed by atoms with E-state index in [1.807, 2.05) is 36.4 Å². The van der Waals surface area contributed by atoms with E-state index in [-0.39, 0.29) is 0 Å². The molecule has 2 aromatic rings. The first-order valence-corrected chi connectivity index (χ1v) is 11.6. The molecule has 0 aromatic heterocycles. The third-order valence-electron chi connectivity index (χ3n) is 5.14. The van der Waals surface area contributed by atoms with Gasteiger partial charge in [0.15, 0.2) is 0 Å². The molecule has 0 unspecified atom stereocenters. The third kappa shape index (κ3) is 10.3. The number of azo groups is 1. The molecular weight excluding hydrogens is 356 g/mol. The van der Waals surface area contributed by atoms with Crippen molar-refractivity contribution in [2.45, 2.75) is 84.5 Å². The van der Waals surface area contributed by atoms with Gasteiger partial charge in [-0.25, -0.2) is 0 Å². The molecule has 0 saturated heterocycles. The molecule has 0 spiro atoms. The number of aryl methyl sites for hydroxylation is 1. The van der Waals surface area contributed by atoms with E-state index in [0.29, 0.717) is 0 Å². The minimum Gasteiger partial charge on any atom is -0.494 e. The summed E-state index contributed by atoms with van der Waals surface area (Å²) in [5, 5.41) is 8.66. The molecule has 3 nitrogen and oxygen atoms in total. The van der Waals surface area contributed by atoms with E-state index in [2.05, 4.69) is 36.2 Å². The molecule has 0 radical (unpaired) electrons. The van der Waals surface area contributed by atoms with Gasteiger partial charge in [-0.05, 0) is 61.2 Å². The fraction of sp³-hybridized carbons (Fsp3) is 0.538. The molecule has 0 saturated carbocycles. The Labute approximate surface area is 177 Å². The minimum absolute atomic E-state index is 0.792. The lowest BCUT2D eigenvalue weighted by molar-refractivity contribution is 0.304. The smallest absolute Gasteiger partial charge is 0.119 e. The molecular formula is C26H38N2O. The quantitative estimate of drug-likeness (QED) is 0.219. The van der Waals surface area contributed by atoms with Gasteiger partial charge in [-0.2, -0.15) is 10.2 Å². The molecule has 0 aliphatic heterocycles. The summed E-state index contributed by atoms with van der Waals surface area (Å²) >= 11 is 0. The molecule has 0 N–H and O–H groups in total. The number of benzene rings is 2. The fourth-order valence-corrected chi connectivity index (χ4v) is 3.26. The molecule has 0 fully saturated rings. The van der Waals surface area contributed by atoms with E-state index in [1.54, 1.807) is 0 Å². The highest BCUT2D eigenvalue weighted by Crippen LogP contribution is 2.22. The highest BCUT2D eigenvalue weighted by molar-refractivity contribution is 5.43. The zero-order valence-corrected chi connectivity index (χ0v) is 18.4. The second-order valence-electron chi connectivity index (χ2n) is 7.79. The van der Waals surface area contributed by atoms with Gasteiger partial charge in [-0.3, -0.25) is 0 Å². The molecule has 158 valence electrons. The van der Waals surface area contributed by atoms with Gasteiger partial charge in [-0.1, -0.05) is 77.3 Å². The highest BCUT2D eigenvalue weighted by Gasteiger charge is 1.97. The molecule has 0 bridgehead atoms. The predicted octanol–water partition coefficient (Wildman–Crippen LogP) is 8.96. The fourth-order valence-electron chi connectivity index (χ4n) is 3.26. The summed E-state index contributed by atoms with van der Waals surface area (Å²) in [7, 11) is 0. The average molecular weight is 395 g/mol. The van der Waals surface area contributed by atoms with Crippen LogP contribution in [0.15, 0.2) is 58.8 Å². The van der Waals surface area contributed by atoms with Gasteiger partial charge in [-0.15, -0.1) is 0 Å². The van der Waals surface area contributed by atoms with Crippen LogP contribution < -0.4 is 4.74 Å². The minimum atomic E-state index is 0.792. The van der Waals surface area contributed by atoms with Crippen molar-refractivity contribution in [3.8, 4) is 5.75 Å². The van der Waals surface area contributed by atoms with Crippen LogP contribution in [0.3, 0.4) is 0 Å². The maximum atomic E-state index is 5.84. The Hall–Kier alpha value is -2.16. The molecule has 2 rings (SSSR count). The first-order valence-electron chi connectivity index (χ1n) is 11.6. The summed E-state index contributed by atoms with van der Waals surface area (Å²) in [6.45, 7) is 5.27. The van der Waals surface area contributed by atoms with Crippen molar-refractivity contribution in [3.05, 3.63) is 54.1 Å². The summed E-state index contributed by atoms with van der Waals surface area (Å²) in [5.74, 6) is 0.909. The molecule has 29 heavy (non-hydrogen) atoms. The van der Waals surface area contributed by atoms with Gasteiger partial charge in [0.05, 0.1) is 18.0 Å². The third-order valence-corrected chi connectivity index (χ3v) is 5.14. The second kappa shape index (κ2) is 14.8. The lowest BCUT2D eigenvalue weighted by Crippen LogP contribution is -1.96. The average Bonchev–Trinajstić information content (AvgIpc) is 2.76. The summed E-state index contributed by atoms with van der Waals surface area (Å²) in [4.78, 5) is 0. The standard InChI is InChI=1S/C26H38N2O/c1-3-5-7-8-9-10-11-12-22-29-26-20-18-25(19-21-26)28-27-24-16-14-23(15-17-24)13-6-4-2/h14-21H,3-13,22H2,1-2H3. The van der Waals surface area contributed by atoms with Crippen molar-refractivity contribution in [3.63, 3.8) is 0 Å². The number of hydrogen-bond acceptors (Lipinski definition) is 3. The van der Waals surface area contributed by atoms with Crippen LogP contribution in [-0.4, -0.2) is 6.61 Å². The van der Waals surface area contributed by atoms with Gasteiger partial charge in [0.2, 0.25) is 0 Å². The second-order valence-corrected chi connectivity index (χ2v) is 7.79. The van der Waals surface area contributed by atoms with E-state index in [9.17, 15) is 0 Å². The normalized spacial score (nSPS) is 11.2. The van der Waals surface area contributed by atoms with Crippen molar-refractivity contribution in [2.75, 3.05) is 6.61 Å². The topological polar surface area (TPSA) is 34.0 Å². The summed E-state index contributed by atoms with van der Waals surface area (Å²) in [6.07, 6.45) is 14.1. The Balaban J connectivity index is 1.64. The lowest BCUT2D eigenvalue weighted by atomic mass is 10.1. The van der Waals surface area contributed by atoms with Crippen molar-refractivity contribution in [2.24, 2.45) is 10.2 Å². The SMILES string of the molecule is CCCCCCCCCCOc1ccc(N=Nc2ccc(CCCC)cc2)cc1. The molecule has 2 aromatic carbocycles. The van der Waals surface area contributed by atoms with E-state index >= 15 is 0 Å². The van der Waals surface area contributed by atoms with E-state index in [4.69, 9.17) is 4.74 Å². The zero-order valence-electron chi connectivity index (χ0n) is 18.4. The summed E-state index contributed by atoms with van der Waals surface area (Å²) in [6, 6.07) is 16.2. The van der Waals surface area contributed by atoms with Crippen LogP contribution in [0.25, 0.3) is 0 Å². The first-order chi connectivity index (χ1) is 14.3. The van der Waals surface area contributed by atoms with Gasteiger partial charge in [0, 0.05) is 0 Å². The number of rotatable bonds is 15. The Morgan fingerprint density at radius 3 is 1.69 bits per heavy atom. The van der Waals surface area contributed by atoms with Crippen LogP contribution >= 0.6 is 0 Å². The van der Waals surface area contributed by atoms with Gasteiger partial charge in [0.1, 0.15) is 5.75 Å². The van der Waals surface area contributed by atoms with Crippen molar-refractivity contribution < 1.29 is 4.74 Å². The summed E-state index contributed by atoms with van der Waals surface area (Å²) < 4.78 is 5.84. The maximum absolute atomic E-state index is 5.84. The largest absolute Gasteiger partial charge is 0.494 e. The van der Waals surface area contributed by atoms with Crippen molar-refractivity contribution in [1.29, 1.82) is 0 Å². The molecule has 0 aliphatic carbocycles. The van der Waals surface area contributed by atoms with E-state index in [1.165, 1.54) is 63.4 Å². The Morgan fingerprint density at radius 1 is 0.586 bits per heavy atom. The summed E-state index contributed by atoms with van der Waals surface area (Å²) in [5.41, 5.74) is 3.10. The van der Waals surface area contributed by atoms with Crippen LogP contribution in [-0.2, 0) is 6.42 Å². The van der Waals surface area contributed by atoms with Crippen LogP contribution in [0.2, 0.25) is 0 Å². The van der Waals surface area contributed by atoms with Gasteiger partial charge in [0.25, 0.3) is 0 Å². The molecule has 0 heterocycles.